The molecule has 146 valence electrons. The first-order chi connectivity index (χ1) is 13.1. The van der Waals surface area contributed by atoms with E-state index in [1.807, 2.05) is 13.8 Å². The molecule has 2 aromatic heterocycles. The lowest BCUT2D eigenvalue weighted by atomic mass is 9.96. The zero-order chi connectivity index (χ0) is 18.8. The Morgan fingerprint density at radius 2 is 1.89 bits per heavy atom. The number of nitrogens with one attached hydrogen (secondary N) is 1. The van der Waals surface area contributed by atoms with Gasteiger partial charge in [0, 0.05) is 24.7 Å². The predicted molar refractivity (Wildman–Crippen MR) is 106 cm³/mol. The topological polar surface area (TPSA) is 71.3 Å². The van der Waals surface area contributed by atoms with Crippen molar-refractivity contribution in [1.29, 1.82) is 0 Å². The maximum absolute atomic E-state index is 12.9. The molecule has 0 unspecified atom stereocenters. The first-order valence-corrected chi connectivity index (χ1v) is 10.4. The van der Waals surface area contributed by atoms with Gasteiger partial charge in [0.25, 0.3) is 0 Å². The molecule has 1 saturated heterocycles. The number of carbonyl (C=O) groups is 1. The van der Waals surface area contributed by atoms with E-state index in [0.717, 1.165) is 54.8 Å². The molecule has 1 atom stereocenters. The molecule has 2 fully saturated rings. The number of aryl methyl sites for hydroxylation is 2. The summed E-state index contributed by atoms with van der Waals surface area (Å²) in [6, 6.07) is 0.361. The van der Waals surface area contributed by atoms with Crippen LogP contribution in [-0.4, -0.2) is 35.0 Å². The van der Waals surface area contributed by atoms with Gasteiger partial charge in [-0.1, -0.05) is 25.7 Å². The van der Waals surface area contributed by atoms with Gasteiger partial charge in [-0.2, -0.15) is 0 Å². The van der Waals surface area contributed by atoms with Crippen LogP contribution in [0.15, 0.2) is 10.7 Å². The van der Waals surface area contributed by atoms with Crippen molar-refractivity contribution in [3.63, 3.8) is 0 Å². The van der Waals surface area contributed by atoms with Crippen LogP contribution in [0, 0.1) is 19.8 Å². The van der Waals surface area contributed by atoms with Gasteiger partial charge < -0.3 is 14.6 Å². The third-order valence-corrected chi connectivity index (χ3v) is 6.24. The van der Waals surface area contributed by atoms with E-state index in [9.17, 15) is 4.79 Å². The number of fused-ring (bicyclic) bond motifs is 1. The van der Waals surface area contributed by atoms with Crippen LogP contribution in [0.5, 0.6) is 0 Å². The second-order valence-corrected chi connectivity index (χ2v) is 8.14. The molecule has 1 N–H and O–H groups in total. The molecule has 0 bridgehead atoms. The fourth-order valence-corrected chi connectivity index (χ4v) is 4.53. The average molecular weight is 370 g/mol. The van der Waals surface area contributed by atoms with E-state index < -0.39 is 0 Å². The van der Waals surface area contributed by atoms with Crippen LogP contribution in [0.25, 0.3) is 11.1 Å². The molecule has 1 amide bonds. The van der Waals surface area contributed by atoms with Crippen LogP contribution in [-0.2, 0) is 4.79 Å². The number of rotatable bonds is 3. The van der Waals surface area contributed by atoms with Crippen LogP contribution in [0.2, 0.25) is 0 Å². The largest absolute Gasteiger partial charge is 0.443 e. The molecular weight excluding hydrogens is 340 g/mol. The van der Waals surface area contributed by atoms with Crippen molar-refractivity contribution >= 4 is 22.8 Å². The molecular formula is C21H30N4O2. The van der Waals surface area contributed by atoms with Crippen molar-refractivity contribution in [2.24, 2.45) is 5.92 Å². The van der Waals surface area contributed by atoms with Gasteiger partial charge in [0.1, 0.15) is 17.9 Å². The van der Waals surface area contributed by atoms with Gasteiger partial charge in [0.05, 0.1) is 11.3 Å². The number of hydrogen-bond donors (Lipinski definition) is 1. The fourth-order valence-electron chi connectivity index (χ4n) is 4.53. The van der Waals surface area contributed by atoms with Crippen LogP contribution < -0.4 is 10.2 Å². The Balaban J connectivity index is 1.49. The lowest BCUT2D eigenvalue weighted by Gasteiger charge is -2.34. The Morgan fingerprint density at radius 1 is 1.11 bits per heavy atom. The van der Waals surface area contributed by atoms with Crippen molar-refractivity contribution in [3.8, 4) is 0 Å². The highest BCUT2D eigenvalue weighted by Crippen LogP contribution is 2.32. The van der Waals surface area contributed by atoms with Crippen molar-refractivity contribution in [2.75, 3.05) is 18.0 Å². The van der Waals surface area contributed by atoms with Gasteiger partial charge in [-0.05, 0) is 39.5 Å². The number of aromatic nitrogens is 2. The second-order valence-electron chi connectivity index (χ2n) is 8.14. The highest BCUT2D eigenvalue weighted by molar-refractivity contribution is 5.90. The van der Waals surface area contributed by atoms with E-state index in [2.05, 4.69) is 20.2 Å². The molecule has 4 rings (SSSR count). The smallest absolute Gasteiger partial charge is 0.231 e. The van der Waals surface area contributed by atoms with Crippen molar-refractivity contribution in [1.82, 2.24) is 15.3 Å². The minimum Gasteiger partial charge on any atom is -0.443 e. The zero-order valence-electron chi connectivity index (χ0n) is 16.5. The SMILES string of the molecule is Cc1oc2ncnc(N3CCC[C@H](C(=O)NC4CCCCCC4)C3)c2c1C. The van der Waals surface area contributed by atoms with Gasteiger partial charge in [-0.25, -0.2) is 9.97 Å². The van der Waals surface area contributed by atoms with Crippen molar-refractivity contribution in [2.45, 2.75) is 71.3 Å². The third-order valence-electron chi connectivity index (χ3n) is 6.24. The Kier molecular flexibility index (Phi) is 5.32. The molecule has 1 aliphatic heterocycles. The summed E-state index contributed by atoms with van der Waals surface area (Å²) in [5.74, 6) is 2.03. The third kappa shape index (κ3) is 3.80. The van der Waals surface area contributed by atoms with E-state index in [4.69, 9.17) is 4.42 Å². The summed E-state index contributed by atoms with van der Waals surface area (Å²) < 4.78 is 5.76. The molecule has 1 saturated carbocycles. The van der Waals surface area contributed by atoms with E-state index in [1.165, 1.54) is 25.7 Å². The highest BCUT2D eigenvalue weighted by atomic mass is 16.3. The van der Waals surface area contributed by atoms with Crippen LogP contribution in [0.1, 0.15) is 62.7 Å². The molecule has 2 aromatic rings. The number of anilines is 1. The van der Waals surface area contributed by atoms with Crippen LogP contribution in [0.4, 0.5) is 5.82 Å². The van der Waals surface area contributed by atoms with Gasteiger partial charge in [-0.3, -0.25) is 4.79 Å². The summed E-state index contributed by atoms with van der Waals surface area (Å²) >= 11 is 0. The number of hydrogen-bond acceptors (Lipinski definition) is 5. The summed E-state index contributed by atoms with van der Waals surface area (Å²) in [5.41, 5.74) is 1.73. The molecule has 0 aromatic carbocycles. The first kappa shape index (κ1) is 18.3. The minimum atomic E-state index is 0.0281. The Labute approximate surface area is 160 Å². The lowest BCUT2D eigenvalue weighted by Crippen LogP contribution is -2.46. The van der Waals surface area contributed by atoms with Gasteiger partial charge in [0.2, 0.25) is 11.6 Å². The van der Waals surface area contributed by atoms with Gasteiger partial charge in [0.15, 0.2) is 0 Å². The molecule has 0 spiro atoms. The van der Waals surface area contributed by atoms with Crippen molar-refractivity contribution < 1.29 is 9.21 Å². The van der Waals surface area contributed by atoms with Gasteiger partial charge in [-0.15, -0.1) is 0 Å². The summed E-state index contributed by atoms with van der Waals surface area (Å²) in [5, 5.41) is 4.32. The molecule has 6 heteroatoms. The molecule has 27 heavy (non-hydrogen) atoms. The minimum absolute atomic E-state index is 0.0281. The molecule has 6 nitrogen and oxygen atoms in total. The molecule has 3 heterocycles. The predicted octanol–water partition coefficient (Wildman–Crippen LogP) is 3.90. The summed E-state index contributed by atoms with van der Waals surface area (Å²) in [7, 11) is 0. The number of furan rings is 1. The Hall–Kier alpha value is -2.11. The molecule has 1 aliphatic carbocycles. The summed E-state index contributed by atoms with van der Waals surface area (Å²) in [4.78, 5) is 24.0. The van der Waals surface area contributed by atoms with E-state index >= 15 is 0 Å². The summed E-state index contributed by atoms with van der Waals surface area (Å²) in [6.07, 6.45) is 10.9. The maximum Gasteiger partial charge on any atom is 0.231 e. The van der Waals surface area contributed by atoms with Gasteiger partial charge >= 0.3 is 0 Å². The second kappa shape index (κ2) is 7.87. The molecule has 2 aliphatic rings. The van der Waals surface area contributed by atoms with Crippen molar-refractivity contribution in [3.05, 3.63) is 17.7 Å². The number of carbonyl (C=O) groups excluding carboxylic acids is 1. The van der Waals surface area contributed by atoms with Crippen LogP contribution >= 0.6 is 0 Å². The standard InChI is InChI=1S/C21H30N4O2/c1-14-15(2)27-21-18(14)19(22-13-23-21)25-11-7-8-16(12-25)20(26)24-17-9-5-3-4-6-10-17/h13,16-17H,3-12H2,1-2H3,(H,24,26)/t16-/m0/s1. The highest BCUT2D eigenvalue weighted by Gasteiger charge is 2.29. The Bertz CT molecular complexity index is 808. The average Bonchev–Trinajstić information content (AvgIpc) is 2.85. The lowest BCUT2D eigenvalue weighted by molar-refractivity contribution is -0.126. The quantitative estimate of drug-likeness (QED) is 0.830. The normalized spacial score (nSPS) is 22.0. The fraction of sp³-hybridized carbons (Fsp3) is 0.667. The monoisotopic (exact) mass is 370 g/mol. The summed E-state index contributed by atoms with van der Waals surface area (Å²) in [6.45, 7) is 5.64. The van der Waals surface area contributed by atoms with E-state index in [0.29, 0.717) is 18.3 Å². The Morgan fingerprint density at radius 3 is 2.67 bits per heavy atom. The number of nitrogens with zero attached hydrogens (tertiary/aromatic N) is 3. The van der Waals surface area contributed by atoms with E-state index in [1.54, 1.807) is 6.33 Å². The maximum atomic E-state index is 12.9. The zero-order valence-corrected chi connectivity index (χ0v) is 16.5. The first-order valence-electron chi connectivity index (χ1n) is 10.4. The number of amides is 1. The van der Waals surface area contributed by atoms with E-state index in [-0.39, 0.29) is 11.8 Å². The number of piperidine rings is 1. The molecule has 0 radical (unpaired) electrons. The van der Waals surface area contributed by atoms with Crippen LogP contribution in [0.3, 0.4) is 0 Å².